The number of anilines is 1. The molecule has 2 amide bonds. The molecule has 2 aliphatic rings. The van der Waals surface area contributed by atoms with E-state index in [0.29, 0.717) is 18.7 Å². The number of hydrogen-bond acceptors (Lipinski definition) is 4. The molecule has 0 bridgehead atoms. The highest BCUT2D eigenvalue weighted by Crippen LogP contribution is 2.53. The average molecular weight is 448 g/mol. The Labute approximate surface area is 179 Å². The Balaban J connectivity index is 1.11. The number of rotatable bonds is 4. The molecule has 1 saturated carbocycles. The third kappa shape index (κ3) is 3.69. The predicted molar refractivity (Wildman–Crippen MR) is 109 cm³/mol. The van der Waals surface area contributed by atoms with Gasteiger partial charge in [0.2, 0.25) is 5.91 Å². The number of nitrogens with zero attached hydrogens (tertiary/aromatic N) is 3. The number of fused-ring (bicyclic) bond motifs is 1. The molecule has 0 atom stereocenters. The van der Waals surface area contributed by atoms with Crippen molar-refractivity contribution in [1.29, 1.82) is 0 Å². The van der Waals surface area contributed by atoms with Crippen LogP contribution in [0.5, 0.6) is 0 Å². The molecule has 1 aliphatic carbocycles. The Kier molecular flexibility index (Phi) is 4.58. The molecule has 6 nitrogen and oxygen atoms in total. The quantitative estimate of drug-likeness (QED) is 0.647. The Morgan fingerprint density at radius 2 is 2.03 bits per heavy atom. The first-order valence-electron chi connectivity index (χ1n) is 9.90. The third-order valence-corrected chi connectivity index (χ3v) is 6.98. The first kappa shape index (κ1) is 20.0. The number of thiazole rings is 1. The average Bonchev–Trinajstić information content (AvgIpc) is 3.25. The highest BCUT2D eigenvalue weighted by atomic mass is 32.1. The van der Waals surface area contributed by atoms with Crippen molar-refractivity contribution < 1.29 is 22.8 Å². The van der Waals surface area contributed by atoms with E-state index >= 15 is 0 Å². The van der Waals surface area contributed by atoms with E-state index in [2.05, 4.69) is 10.4 Å². The van der Waals surface area contributed by atoms with Crippen molar-refractivity contribution in [3.05, 3.63) is 53.2 Å². The SMILES string of the molecule is O=C(CC1CC2(C1)CN(C(=O)c1cnn3ccsc13)C2)Nc1cccc(C(F)(F)F)c1. The number of carbonyl (C=O) groups excluding carboxylic acids is 2. The van der Waals surface area contributed by atoms with Gasteiger partial charge in [-0.3, -0.25) is 9.59 Å². The van der Waals surface area contributed by atoms with Crippen molar-refractivity contribution >= 4 is 33.7 Å². The monoisotopic (exact) mass is 448 g/mol. The molecule has 3 heterocycles. The molecule has 1 saturated heterocycles. The summed E-state index contributed by atoms with van der Waals surface area (Å²) < 4.78 is 40.1. The minimum Gasteiger partial charge on any atom is -0.337 e. The molecule has 162 valence electrons. The second-order valence-electron chi connectivity index (χ2n) is 8.48. The van der Waals surface area contributed by atoms with Crippen LogP contribution >= 0.6 is 11.3 Å². The van der Waals surface area contributed by atoms with Gasteiger partial charge in [0.05, 0.1) is 17.3 Å². The lowest BCUT2D eigenvalue weighted by atomic mass is 9.57. The van der Waals surface area contributed by atoms with Crippen LogP contribution in [-0.2, 0) is 11.0 Å². The van der Waals surface area contributed by atoms with Crippen molar-refractivity contribution in [2.45, 2.75) is 25.4 Å². The molecule has 1 N–H and O–H groups in total. The lowest BCUT2D eigenvalue weighted by molar-refractivity contribution is -0.137. The lowest BCUT2D eigenvalue weighted by Crippen LogP contribution is -2.63. The van der Waals surface area contributed by atoms with E-state index in [4.69, 9.17) is 0 Å². The highest BCUT2D eigenvalue weighted by Gasteiger charge is 2.54. The number of carbonyl (C=O) groups is 2. The first-order valence-corrected chi connectivity index (χ1v) is 10.8. The Morgan fingerprint density at radius 3 is 2.77 bits per heavy atom. The fourth-order valence-corrected chi connectivity index (χ4v) is 5.55. The van der Waals surface area contributed by atoms with Gasteiger partial charge in [-0.15, -0.1) is 11.3 Å². The van der Waals surface area contributed by atoms with Gasteiger partial charge in [0.25, 0.3) is 5.91 Å². The molecule has 5 rings (SSSR count). The Bertz CT molecular complexity index is 1150. The van der Waals surface area contributed by atoms with E-state index in [1.54, 1.807) is 10.7 Å². The predicted octanol–water partition coefficient (Wildman–Crippen LogP) is 4.30. The second kappa shape index (κ2) is 7.08. The fourth-order valence-electron chi connectivity index (χ4n) is 4.77. The maximum atomic E-state index is 12.8. The number of nitrogens with one attached hydrogen (secondary N) is 1. The summed E-state index contributed by atoms with van der Waals surface area (Å²) in [6.45, 7) is 1.33. The summed E-state index contributed by atoms with van der Waals surface area (Å²) in [6.07, 6.45) is 0.923. The van der Waals surface area contributed by atoms with E-state index in [1.165, 1.54) is 23.5 Å². The van der Waals surface area contributed by atoms with E-state index in [9.17, 15) is 22.8 Å². The van der Waals surface area contributed by atoms with Crippen molar-refractivity contribution in [3.63, 3.8) is 0 Å². The van der Waals surface area contributed by atoms with Crippen molar-refractivity contribution in [2.24, 2.45) is 11.3 Å². The molecule has 2 fully saturated rings. The van der Waals surface area contributed by atoms with Gasteiger partial charge in [-0.2, -0.15) is 18.3 Å². The largest absolute Gasteiger partial charge is 0.416 e. The molecule has 1 aromatic carbocycles. The minimum atomic E-state index is -4.44. The van der Waals surface area contributed by atoms with E-state index in [-0.39, 0.29) is 35.3 Å². The molecule has 0 radical (unpaired) electrons. The zero-order chi connectivity index (χ0) is 21.8. The van der Waals surface area contributed by atoms with Crippen molar-refractivity contribution in [1.82, 2.24) is 14.5 Å². The van der Waals surface area contributed by atoms with E-state index in [1.807, 2.05) is 16.5 Å². The molecule has 1 spiro atoms. The standard InChI is InChI=1S/C21H19F3N4O2S/c22-21(23,24)14-2-1-3-15(7-14)26-17(29)6-13-8-20(9-13)11-27(12-20)18(30)16-10-25-28-4-5-31-19(16)28/h1-5,7,10,13H,6,8-9,11-12H2,(H,26,29). The molecule has 0 unspecified atom stereocenters. The Hall–Kier alpha value is -2.88. The number of halogens is 3. The van der Waals surface area contributed by atoms with Gasteiger partial charge < -0.3 is 10.2 Å². The van der Waals surface area contributed by atoms with E-state index < -0.39 is 11.7 Å². The lowest BCUT2D eigenvalue weighted by Gasteiger charge is -2.59. The summed E-state index contributed by atoms with van der Waals surface area (Å²) in [5, 5.41) is 8.63. The van der Waals surface area contributed by atoms with Crippen molar-refractivity contribution in [3.8, 4) is 0 Å². The summed E-state index contributed by atoms with van der Waals surface area (Å²) in [5.41, 5.74) is 0.0420. The van der Waals surface area contributed by atoms with E-state index in [0.717, 1.165) is 29.8 Å². The molecule has 3 aromatic rings. The van der Waals surface area contributed by atoms with Crippen LogP contribution in [-0.4, -0.2) is 39.4 Å². The van der Waals surface area contributed by atoms with Gasteiger partial charge in [0, 0.05) is 42.2 Å². The van der Waals surface area contributed by atoms with Crippen molar-refractivity contribution in [2.75, 3.05) is 18.4 Å². The topological polar surface area (TPSA) is 66.7 Å². The zero-order valence-electron chi connectivity index (χ0n) is 16.4. The summed E-state index contributed by atoms with van der Waals surface area (Å²) >= 11 is 1.48. The number of aromatic nitrogens is 2. The zero-order valence-corrected chi connectivity index (χ0v) is 17.2. The van der Waals surface area contributed by atoms with Crippen LogP contribution in [0.1, 0.15) is 35.2 Å². The highest BCUT2D eigenvalue weighted by molar-refractivity contribution is 7.15. The van der Waals surface area contributed by atoms with Gasteiger partial charge in [0.15, 0.2) is 0 Å². The number of likely N-dealkylation sites (tertiary alicyclic amines) is 1. The second-order valence-corrected chi connectivity index (χ2v) is 9.37. The summed E-state index contributed by atoms with van der Waals surface area (Å²) in [6, 6.07) is 4.65. The van der Waals surface area contributed by atoms with Gasteiger partial charge in [-0.1, -0.05) is 6.07 Å². The molecular formula is C21H19F3N4O2S. The Morgan fingerprint density at radius 1 is 1.26 bits per heavy atom. The molecular weight excluding hydrogens is 429 g/mol. The summed E-state index contributed by atoms with van der Waals surface area (Å²) in [5.74, 6) is -0.122. The van der Waals surface area contributed by atoms with Gasteiger partial charge in [-0.25, -0.2) is 4.52 Å². The van der Waals surface area contributed by atoms with Gasteiger partial charge in [0.1, 0.15) is 4.83 Å². The van der Waals surface area contributed by atoms with Gasteiger partial charge >= 0.3 is 6.18 Å². The van der Waals surface area contributed by atoms with Crippen LogP contribution in [0.2, 0.25) is 0 Å². The van der Waals surface area contributed by atoms with Crippen LogP contribution in [0.3, 0.4) is 0 Å². The minimum absolute atomic E-state index is 0.0196. The number of hydrogen-bond donors (Lipinski definition) is 1. The van der Waals surface area contributed by atoms with Gasteiger partial charge in [-0.05, 0) is 37.0 Å². The van der Waals surface area contributed by atoms with Crippen LogP contribution < -0.4 is 5.32 Å². The number of amides is 2. The third-order valence-electron chi connectivity index (χ3n) is 6.09. The molecule has 2 aromatic heterocycles. The number of alkyl halides is 3. The summed E-state index contributed by atoms with van der Waals surface area (Å²) in [4.78, 5) is 27.6. The normalized spacial score (nSPS) is 18.1. The smallest absolute Gasteiger partial charge is 0.337 e. The van der Waals surface area contributed by atoms with Crippen LogP contribution in [0.25, 0.3) is 4.83 Å². The van der Waals surface area contributed by atoms with Crippen LogP contribution in [0, 0.1) is 11.3 Å². The van der Waals surface area contributed by atoms with Crippen LogP contribution in [0.15, 0.2) is 42.0 Å². The summed E-state index contributed by atoms with van der Waals surface area (Å²) in [7, 11) is 0. The first-order chi connectivity index (χ1) is 14.7. The molecule has 1 aliphatic heterocycles. The van der Waals surface area contributed by atoms with Crippen LogP contribution in [0.4, 0.5) is 18.9 Å². The number of benzene rings is 1. The fraction of sp³-hybridized carbons (Fsp3) is 0.381. The maximum Gasteiger partial charge on any atom is 0.416 e. The maximum absolute atomic E-state index is 12.8. The molecule has 31 heavy (non-hydrogen) atoms. The molecule has 10 heteroatoms.